The van der Waals surface area contributed by atoms with Crippen LogP contribution in [-0.4, -0.2) is 13.2 Å². The predicted molar refractivity (Wildman–Crippen MR) is 84.8 cm³/mol. The van der Waals surface area contributed by atoms with Crippen LogP contribution in [0, 0.1) is 17.8 Å². The first-order valence-electron chi connectivity index (χ1n) is 7.04. The molecule has 0 aliphatic carbocycles. The molecular weight excluding hydrogens is 246 g/mol. The van der Waals surface area contributed by atoms with E-state index in [2.05, 4.69) is 50.0 Å². The average Bonchev–Trinajstić information content (AvgIpc) is 2.44. The Morgan fingerprint density at radius 1 is 1.10 bits per heavy atom. The lowest BCUT2D eigenvalue weighted by atomic mass is 10.1. The third-order valence-corrected chi connectivity index (χ3v) is 3.11. The molecule has 2 nitrogen and oxygen atoms in total. The van der Waals surface area contributed by atoms with Gasteiger partial charge in [0.05, 0.1) is 13.2 Å². The van der Waals surface area contributed by atoms with Crippen molar-refractivity contribution < 1.29 is 4.74 Å². The van der Waals surface area contributed by atoms with E-state index in [0.717, 1.165) is 24.3 Å². The van der Waals surface area contributed by atoms with Crippen LogP contribution in [0.4, 0.5) is 0 Å². The molecule has 2 heteroatoms. The van der Waals surface area contributed by atoms with Gasteiger partial charge in [-0.2, -0.15) is 0 Å². The number of fused-ring (bicyclic) bond motifs is 1. The molecule has 0 amide bonds. The molecular formula is C18H21NO. The second-order valence-electron chi connectivity index (χ2n) is 5.26. The number of hydrogen-bond acceptors (Lipinski definition) is 2. The van der Waals surface area contributed by atoms with Gasteiger partial charge in [0.15, 0.2) is 0 Å². The van der Waals surface area contributed by atoms with E-state index in [1.807, 2.05) is 12.1 Å². The Hall–Kier alpha value is -1.98. The topological polar surface area (TPSA) is 35.2 Å². The van der Waals surface area contributed by atoms with Gasteiger partial charge in [0, 0.05) is 5.56 Å². The Morgan fingerprint density at radius 3 is 2.60 bits per heavy atom. The molecule has 0 radical (unpaired) electrons. The molecule has 2 aromatic carbocycles. The summed E-state index contributed by atoms with van der Waals surface area (Å²) < 4.78 is 5.78. The molecule has 0 bridgehead atoms. The summed E-state index contributed by atoms with van der Waals surface area (Å²) in [4.78, 5) is 0. The van der Waals surface area contributed by atoms with Gasteiger partial charge in [-0.25, -0.2) is 0 Å². The molecule has 0 fully saturated rings. The molecule has 104 valence electrons. The monoisotopic (exact) mass is 267 g/mol. The van der Waals surface area contributed by atoms with Crippen molar-refractivity contribution in [3.63, 3.8) is 0 Å². The summed E-state index contributed by atoms with van der Waals surface area (Å²) in [6.45, 7) is 5.56. The Labute approximate surface area is 120 Å². The van der Waals surface area contributed by atoms with Gasteiger partial charge < -0.3 is 10.5 Å². The highest BCUT2D eigenvalue weighted by Gasteiger charge is 2.00. The Kier molecular flexibility index (Phi) is 5.03. The first-order valence-corrected chi connectivity index (χ1v) is 7.04. The normalized spacial score (nSPS) is 10.4. The van der Waals surface area contributed by atoms with Crippen LogP contribution >= 0.6 is 0 Å². The summed E-state index contributed by atoms with van der Waals surface area (Å²) in [7, 11) is 0. The van der Waals surface area contributed by atoms with Gasteiger partial charge in [0.2, 0.25) is 0 Å². The summed E-state index contributed by atoms with van der Waals surface area (Å²) in [6, 6.07) is 12.3. The molecule has 0 saturated carbocycles. The molecule has 0 atom stereocenters. The van der Waals surface area contributed by atoms with Crippen LogP contribution in [-0.2, 0) is 0 Å². The van der Waals surface area contributed by atoms with Crippen molar-refractivity contribution in [2.45, 2.75) is 20.3 Å². The van der Waals surface area contributed by atoms with E-state index in [9.17, 15) is 0 Å². The van der Waals surface area contributed by atoms with E-state index in [4.69, 9.17) is 10.5 Å². The largest absolute Gasteiger partial charge is 0.494 e. The van der Waals surface area contributed by atoms with Crippen molar-refractivity contribution in [2.24, 2.45) is 11.7 Å². The highest BCUT2D eigenvalue weighted by molar-refractivity contribution is 5.85. The molecule has 0 saturated heterocycles. The molecule has 0 aliphatic rings. The van der Waals surface area contributed by atoms with Crippen LogP contribution in [0.15, 0.2) is 36.4 Å². The Morgan fingerprint density at radius 2 is 1.85 bits per heavy atom. The van der Waals surface area contributed by atoms with Crippen molar-refractivity contribution in [1.82, 2.24) is 0 Å². The molecule has 0 unspecified atom stereocenters. The van der Waals surface area contributed by atoms with Gasteiger partial charge in [-0.3, -0.25) is 0 Å². The van der Waals surface area contributed by atoms with Crippen molar-refractivity contribution in [3.8, 4) is 17.6 Å². The Bertz CT molecular complexity index is 635. The number of nitrogens with two attached hydrogens (primary N) is 1. The lowest BCUT2D eigenvalue weighted by Crippen LogP contribution is -2.01. The Balaban J connectivity index is 2.14. The lowest BCUT2D eigenvalue weighted by Gasteiger charge is -2.09. The van der Waals surface area contributed by atoms with E-state index >= 15 is 0 Å². The van der Waals surface area contributed by atoms with Crippen molar-refractivity contribution in [1.29, 1.82) is 0 Å². The summed E-state index contributed by atoms with van der Waals surface area (Å²) in [5, 5.41) is 2.34. The van der Waals surface area contributed by atoms with Gasteiger partial charge in [-0.1, -0.05) is 37.8 Å². The summed E-state index contributed by atoms with van der Waals surface area (Å²) in [5.74, 6) is 7.52. The van der Waals surface area contributed by atoms with E-state index in [1.54, 1.807) is 0 Å². The van der Waals surface area contributed by atoms with Crippen LogP contribution < -0.4 is 10.5 Å². The van der Waals surface area contributed by atoms with E-state index in [-0.39, 0.29) is 0 Å². The van der Waals surface area contributed by atoms with Crippen molar-refractivity contribution in [2.75, 3.05) is 13.2 Å². The number of rotatable bonds is 4. The zero-order valence-corrected chi connectivity index (χ0v) is 12.1. The number of hydrogen-bond donors (Lipinski definition) is 1. The summed E-state index contributed by atoms with van der Waals surface area (Å²) >= 11 is 0. The molecule has 0 heterocycles. The van der Waals surface area contributed by atoms with Crippen molar-refractivity contribution in [3.05, 3.63) is 42.0 Å². The third kappa shape index (κ3) is 4.01. The van der Waals surface area contributed by atoms with Gasteiger partial charge in [-0.15, -0.1) is 0 Å². The minimum atomic E-state index is 0.390. The van der Waals surface area contributed by atoms with E-state index in [1.165, 1.54) is 10.8 Å². The summed E-state index contributed by atoms with van der Waals surface area (Å²) in [5.41, 5.74) is 6.38. The zero-order valence-electron chi connectivity index (χ0n) is 12.1. The maximum atomic E-state index is 5.78. The standard InChI is InChI=1S/C18H21NO/c1-14(2)9-11-20-18-8-7-16-12-15(4-3-10-19)5-6-17(16)13-18/h5-8,12-14H,9-11,19H2,1-2H3. The van der Waals surface area contributed by atoms with Crippen LogP contribution in [0.2, 0.25) is 0 Å². The smallest absolute Gasteiger partial charge is 0.119 e. The SMILES string of the molecule is CC(C)CCOc1ccc2cc(C#CCN)ccc2c1. The van der Waals surface area contributed by atoms with Crippen LogP contribution in [0.3, 0.4) is 0 Å². The van der Waals surface area contributed by atoms with Gasteiger partial charge in [-0.05, 0) is 47.4 Å². The maximum Gasteiger partial charge on any atom is 0.119 e. The lowest BCUT2D eigenvalue weighted by molar-refractivity contribution is 0.290. The summed E-state index contributed by atoms with van der Waals surface area (Å²) in [6.07, 6.45) is 1.08. The molecule has 0 aliphatic heterocycles. The second-order valence-corrected chi connectivity index (χ2v) is 5.26. The first-order chi connectivity index (χ1) is 9.69. The van der Waals surface area contributed by atoms with Crippen LogP contribution in [0.5, 0.6) is 5.75 Å². The average molecular weight is 267 g/mol. The molecule has 2 N–H and O–H groups in total. The highest BCUT2D eigenvalue weighted by Crippen LogP contribution is 2.22. The molecule has 0 aromatic heterocycles. The first kappa shape index (κ1) is 14.4. The van der Waals surface area contributed by atoms with E-state index < -0.39 is 0 Å². The fraction of sp³-hybridized carbons (Fsp3) is 0.333. The van der Waals surface area contributed by atoms with Gasteiger partial charge in [0.1, 0.15) is 5.75 Å². The molecule has 2 aromatic rings. The zero-order chi connectivity index (χ0) is 14.4. The molecule has 0 spiro atoms. The third-order valence-electron chi connectivity index (χ3n) is 3.11. The van der Waals surface area contributed by atoms with Crippen molar-refractivity contribution >= 4 is 10.8 Å². The molecule has 2 rings (SSSR count). The van der Waals surface area contributed by atoms with Crippen LogP contribution in [0.1, 0.15) is 25.8 Å². The number of benzene rings is 2. The minimum Gasteiger partial charge on any atom is -0.494 e. The van der Waals surface area contributed by atoms with Crippen LogP contribution in [0.25, 0.3) is 10.8 Å². The fourth-order valence-electron chi connectivity index (χ4n) is 1.96. The predicted octanol–water partition coefficient (Wildman–Crippen LogP) is 3.57. The highest BCUT2D eigenvalue weighted by atomic mass is 16.5. The second kappa shape index (κ2) is 6.98. The fourth-order valence-corrected chi connectivity index (χ4v) is 1.96. The van der Waals surface area contributed by atoms with E-state index in [0.29, 0.717) is 12.5 Å². The minimum absolute atomic E-state index is 0.390. The maximum absolute atomic E-state index is 5.78. The number of ether oxygens (including phenoxy) is 1. The molecule has 20 heavy (non-hydrogen) atoms. The van der Waals surface area contributed by atoms with Gasteiger partial charge in [0.25, 0.3) is 0 Å². The van der Waals surface area contributed by atoms with Gasteiger partial charge >= 0.3 is 0 Å². The quantitative estimate of drug-likeness (QED) is 0.859.